The summed E-state index contributed by atoms with van der Waals surface area (Å²) in [6.07, 6.45) is 1.26. The molecular weight excluding hydrogens is 296 g/mol. The summed E-state index contributed by atoms with van der Waals surface area (Å²) in [4.78, 5) is 15.2. The second-order valence-electron chi connectivity index (χ2n) is 6.15. The number of rotatable bonds is 4. The molecule has 0 spiro atoms. The Morgan fingerprint density at radius 2 is 2.00 bits per heavy atom. The fraction of sp³-hybridized carbons (Fsp3) is 0.588. The molecule has 0 radical (unpaired) electrons. The highest BCUT2D eigenvalue weighted by Crippen LogP contribution is 2.24. The van der Waals surface area contributed by atoms with Crippen LogP contribution in [0.1, 0.15) is 45.2 Å². The molecule has 5 heteroatoms. The highest BCUT2D eigenvalue weighted by atomic mass is 32.2. The minimum absolute atomic E-state index is 0.0373. The molecule has 0 aromatic heterocycles. The van der Waals surface area contributed by atoms with Crippen molar-refractivity contribution in [1.29, 1.82) is 0 Å². The zero-order chi connectivity index (χ0) is 16.1. The fourth-order valence-corrected chi connectivity index (χ4v) is 3.44. The third-order valence-corrected chi connectivity index (χ3v) is 4.79. The van der Waals surface area contributed by atoms with Crippen LogP contribution < -0.4 is 5.32 Å². The number of amides is 2. The van der Waals surface area contributed by atoms with Gasteiger partial charge in [-0.1, -0.05) is 26.0 Å². The molecule has 2 amide bonds. The maximum atomic E-state index is 12.2. The minimum Gasteiger partial charge on any atom is -0.391 e. The van der Waals surface area contributed by atoms with Gasteiger partial charge < -0.3 is 15.3 Å². The maximum absolute atomic E-state index is 12.2. The van der Waals surface area contributed by atoms with E-state index in [0.29, 0.717) is 11.8 Å². The fourth-order valence-electron chi connectivity index (χ4n) is 2.61. The van der Waals surface area contributed by atoms with Crippen molar-refractivity contribution in [3.05, 3.63) is 29.8 Å². The van der Waals surface area contributed by atoms with Crippen LogP contribution >= 0.6 is 11.8 Å². The Labute approximate surface area is 137 Å². The SMILES string of the molecule is CC(C)Sc1ccc(C(C)NC(=O)N2CCCC(O)C2)cc1. The van der Waals surface area contributed by atoms with E-state index >= 15 is 0 Å². The Balaban J connectivity index is 1.90. The molecule has 1 saturated heterocycles. The molecule has 1 aliphatic heterocycles. The lowest BCUT2D eigenvalue weighted by Gasteiger charge is -2.31. The molecule has 1 heterocycles. The number of likely N-dealkylation sites (tertiary alicyclic amines) is 1. The summed E-state index contributed by atoms with van der Waals surface area (Å²) in [7, 11) is 0. The van der Waals surface area contributed by atoms with Gasteiger partial charge in [0.05, 0.1) is 12.1 Å². The summed E-state index contributed by atoms with van der Waals surface area (Å²) in [6.45, 7) is 7.49. The van der Waals surface area contributed by atoms with Crippen molar-refractivity contribution >= 4 is 17.8 Å². The number of nitrogens with one attached hydrogen (secondary N) is 1. The zero-order valence-electron chi connectivity index (χ0n) is 13.6. The summed E-state index contributed by atoms with van der Waals surface area (Å²) in [5, 5.41) is 13.2. The van der Waals surface area contributed by atoms with Crippen LogP contribution in [0.3, 0.4) is 0 Å². The van der Waals surface area contributed by atoms with Crippen LogP contribution in [0.2, 0.25) is 0 Å². The third kappa shape index (κ3) is 4.92. The van der Waals surface area contributed by atoms with E-state index in [-0.39, 0.29) is 18.2 Å². The van der Waals surface area contributed by atoms with Gasteiger partial charge in [-0.15, -0.1) is 11.8 Å². The molecule has 0 bridgehead atoms. The summed E-state index contributed by atoms with van der Waals surface area (Å²) in [6, 6.07) is 8.22. The Morgan fingerprint density at radius 1 is 1.32 bits per heavy atom. The standard InChI is InChI=1S/C17H26N2O2S/c1-12(2)22-16-8-6-14(7-9-16)13(3)18-17(21)19-10-4-5-15(20)11-19/h6-9,12-13,15,20H,4-5,10-11H2,1-3H3,(H,18,21). The van der Waals surface area contributed by atoms with Gasteiger partial charge in [-0.05, 0) is 37.5 Å². The number of aliphatic hydroxyl groups is 1. The van der Waals surface area contributed by atoms with Crippen LogP contribution in [0.4, 0.5) is 4.79 Å². The summed E-state index contributed by atoms with van der Waals surface area (Å²) < 4.78 is 0. The molecule has 22 heavy (non-hydrogen) atoms. The smallest absolute Gasteiger partial charge is 0.317 e. The number of β-amino-alcohol motifs (C(OH)–C–C–N with tert-alkyl or cyclic N) is 1. The van der Waals surface area contributed by atoms with Crippen molar-refractivity contribution in [1.82, 2.24) is 10.2 Å². The normalized spacial score (nSPS) is 20.0. The minimum atomic E-state index is -0.387. The Bertz CT molecular complexity index is 490. The number of benzene rings is 1. The predicted octanol–water partition coefficient (Wildman–Crippen LogP) is 3.41. The monoisotopic (exact) mass is 322 g/mol. The van der Waals surface area contributed by atoms with Gasteiger partial charge in [-0.3, -0.25) is 0 Å². The van der Waals surface area contributed by atoms with E-state index in [0.717, 1.165) is 24.9 Å². The van der Waals surface area contributed by atoms with Crippen molar-refractivity contribution in [3.63, 3.8) is 0 Å². The first-order valence-electron chi connectivity index (χ1n) is 7.96. The van der Waals surface area contributed by atoms with Crippen molar-refractivity contribution in [2.75, 3.05) is 13.1 Å². The average molecular weight is 322 g/mol. The molecule has 2 unspecified atom stereocenters. The first-order chi connectivity index (χ1) is 10.5. The average Bonchev–Trinajstić information content (AvgIpc) is 2.47. The molecule has 4 nitrogen and oxygen atoms in total. The van der Waals surface area contributed by atoms with E-state index in [1.165, 1.54) is 4.90 Å². The zero-order valence-corrected chi connectivity index (χ0v) is 14.4. The molecule has 1 aliphatic rings. The van der Waals surface area contributed by atoms with Gasteiger partial charge in [-0.2, -0.15) is 0 Å². The van der Waals surface area contributed by atoms with Gasteiger partial charge in [0.2, 0.25) is 0 Å². The number of hydrogen-bond acceptors (Lipinski definition) is 3. The lowest BCUT2D eigenvalue weighted by Crippen LogP contribution is -2.47. The first kappa shape index (κ1) is 17.2. The quantitative estimate of drug-likeness (QED) is 0.835. The molecule has 1 aromatic carbocycles. The van der Waals surface area contributed by atoms with Gasteiger partial charge in [0.25, 0.3) is 0 Å². The lowest BCUT2D eigenvalue weighted by atomic mass is 10.1. The van der Waals surface area contributed by atoms with Crippen LogP contribution in [0.25, 0.3) is 0 Å². The largest absolute Gasteiger partial charge is 0.391 e. The summed E-state index contributed by atoms with van der Waals surface area (Å²) >= 11 is 1.83. The van der Waals surface area contributed by atoms with Crippen LogP contribution in [-0.4, -0.2) is 40.5 Å². The van der Waals surface area contributed by atoms with Crippen molar-refractivity contribution in [3.8, 4) is 0 Å². The Hall–Kier alpha value is -1.20. The van der Waals surface area contributed by atoms with E-state index in [2.05, 4.69) is 43.4 Å². The second-order valence-corrected chi connectivity index (χ2v) is 7.80. The van der Waals surface area contributed by atoms with Crippen LogP contribution in [0.5, 0.6) is 0 Å². The van der Waals surface area contributed by atoms with E-state index in [1.807, 2.05) is 18.7 Å². The number of piperidine rings is 1. The molecule has 2 atom stereocenters. The molecule has 1 aromatic rings. The van der Waals surface area contributed by atoms with Crippen LogP contribution in [-0.2, 0) is 0 Å². The van der Waals surface area contributed by atoms with Gasteiger partial charge in [0.15, 0.2) is 0 Å². The molecule has 2 N–H and O–H groups in total. The molecule has 1 fully saturated rings. The lowest BCUT2D eigenvalue weighted by molar-refractivity contribution is 0.0835. The Morgan fingerprint density at radius 3 is 2.59 bits per heavy atom. The van der Waals surface area contributed by atoms with Gasteiger partial charge >= 0.3 is 6.03 Å². The number of carbonyl (C=O) groups excluding carboxylic acids is 1. The first-order valence-corrected chi connectivity index (χ1v) is 8.84. The topological polar surface area (TPSA) is 52.6 Å². The number of aliphatic hydroxyl groups excluding tert-OH is 1. The number of urea groups is 1. The third-order valence-electron chi connectivity index (χ3n) is 3.78. The summed E-state index contributed by atoms with van der Waals surface area (Å²) in [5.41, 5.74) is 1.10. The maximum Gasteiger partial charge on any atom is 0.317 e. The van der Waals surface area contributed by atoms with Crippen molar-refractivity contribution < 1.29 is 9.90 Å². The van der Waals surface area contributed by atoms with E-state index in [9.17, 15) is 9.90 Å². The van der Waals surface area contributed by atoms with Gasteiger partial charge in [0, 0.05) is 23.2 Å². The van der Waals surface area contributed by atoms with Crippen molar-refractivity contribution in [2.24, 2.45) is 0 Å². The molecule has 122 valence electrons. The molecule has 0 saturated carbocycles. The highest BCUT2D eigenvalue weighted by Gasteiger charge is 2.23. The number of nitrogens with zero attached hydrogens (tertiary/aromatic N) is 1. The second kappa shape index (κ2) is 7.88. The number of carbonyl (C=O) groups is 1. The Kier molecular flexibility index (Phi) is 6.15. The highest BCUT2D eigenvalue weighted by molar-refractivity contribution is 7.99. The number of thioether (sulfide) groups is 1. The van der Waals surface area contributed by atoms with E-state index in [4.69, 9.17) is 0 Å². The van der Waals surface area contributed by atoms with Gasteiger partial charge in [0.1, 0.15) is 0 Å². The summed E-state index contributed by atoms with van der Waals surface area (Å²) in [5.74, 6) is 0. The van der Waals surface area contributed by atoms with Crippen molar-refractivity contribution in [2.45, 2.75) is 55.9 Å². The molecule has 0 aliphatic carbocycles. The number of hydrogen-bond donors (Lipinski definition) is 2. The van der Waals surface area contributed by atoms with Crippen LogP contribution in [0, 0.1) is 0 Å². The van der Waals surface area contributed by atoms with Gasteiger partial charge in [-0.25, -0.2) is 4.79 Å². The van der Waals surface area contributed by atoms with Crippen LogP contribution in [0.15, 0.2) is 29.2 Å². The molecular formula is C17H26N2O2S. The molecule has 2 rings (SSSR count). The van der Waals surface area contributed by atoms with E-state index in [1.54, 1.807) is 4.90 Å². The predicted molar refractivity (Wildman–Crippen MR) is 91.2 cm³/mol. The van der Waals surface area contributed by atoms with E-state index < -0.39 is 0 Å².